The first kappa shape index (κ1) is 10.5. The summed E-state index contributed by atoms with van der Waals surface area (Å²) in [5, 5.41) is 10.1. The summed E-state index contributed by atoms with van der Waals surface area (Å²) in [7, 11) is 0. The van der Waals surface area contributed by atoms with Crippen molar-refractivity contribution in [1.82, 2.24) is 0 Å². The third kappa shape index (κ3) is 2.13. The molecule has 0 aromatic rings. The van der Waals surface area contributed by atoms with E-state index in [1.807, 2.05) is 6.92 Å². The molecule has 3 aliphatic carbocycles. The van der Waals surface area contributed by atoms with Gasteiger partial charge in [0.2, 0.25) is 0 Å². The molecule has 3 aliphatic rings. The van der Waals surface area contributed by atoms with Crippen LogP contribution in [0.3, 0.4) is 0 Å². The van der Waals surface area contributed by atoms with Gasteiger partial charge in [-0.3, -0.25) is 0 Å². The van der Waals surface area contributed by atoms with E-state index in [1.54, 1.807) is 0 Å². The summed E-state index contributed by atoms with van der Waals surface area (Å²) in [5.74, 6) is 2.77. The summed E-state index contributed by atoms with van der Waals surface area (Å²) in [6, 6.07) is 0. The standard InChI is InChI=1S/C13H24O/c1-3-13(2,14)9-12-8-10-4-6-11(12)7-5-10/h10-12,14H,3-9H2,1-2H3. The molecule has 0 heterocycles. The minimum absolute atomic E-state index is 0.401. The first-order valence-corrected chi connectivity index (χ1v) is 6.33. The van der Waals surface area contributed by atoms with Gasteiger partial charge in [0.05, 0.1) is 5.60 Å². The smallest absolute Gasteiger partial charge is 0.0619 e. The van der Waals surface area contributed by atoms with Crippen molar-refractivity contribution in [3.8, 4) is 0 Å². The van der Waals surface area contributed by atoms with Crippen LogP contribution in [-0.4, -0.2) is 10.7 Å². The lowest BCUT2D eigenvalue weighted by Gasteiger charge is -2.44. The van der Waals surface area contributed by atoms with E-state index in [9.17, 15) is 5.11 Å². The molecule has 2 bridgehead atoms. The van der Waals surface area contributed by atoms with E-state index < -0.39 is 5.60 Å². The van der Waals surface area contributed by atoms with Crippen LogP contribution in [0.5, 0.6) is 0 Å². The van der Waals surface area contributed by atoms with Gasteiger partial charge in [-0.05, 0) is 56.8 Å². The predicted molar refractivity (Wildman–Crippen MR) is 59.1 cm³/mol. The van der Waals surface area contributed by atoms with Gasteiger partial charge in [-0.2, -0.15) is 0 Å². The van der Waals surface area contributed by atoms with Gasteiger partial charge in [0, 0.05) is 0 Å². The molecule has 1 nitrogen and oxygen atoms in total. The maximum atomic E-state index is 10.1. The molecule has 82 valence electrons. The second kappa shape index (κ2) is 3.84. The lowest BCUT2D eigenvalue weighted by molar-refractivity contribution is -0.0105. The average molecular weight is 196 g/mol. The van der Waals surface area contributed by atoms with Gasteiger partial charge in [-0.15, -0.1) is 0 Å². The van der Waals surface area contributed by atoms with Crippen LogP contribution < -0.4 is 0 Å². The molecule has 0 aromatic heterocycles. The van der Waals surface area contributed by atoms with Crippen LogP contribution in [-0.2, 0) is 0 Å². The van der Waals surface area contributed by atoms with Gasteiger partial charge in [-0.25, -0.2) is 0 Å². The Morgan fingerprint density at radius 3 is 2.29 bits per heavy atom. The third-order valence-electron chi connectivity index (χ3n) is 4.66. The van der Waals surface area contributed by atoms with Crippen molar-refractivity contribution in [3.63, 3.8) is 0 Å². The topological polar surface area (TPSA) is 20.2 Å². The van der Waals surface area contributed by atoms with Crippen LogP contribution in [0.1, 0.15) is 58.8 Å². The Labute approximate surface area is 87.9 Å². The van der Waals surface area contributed by atoms with E-state index in [2.05, 4.69) is 6.92 Å². The zero-order chi connectivity index (χ0) is 10.2. The van der Waals surface area contributed by atoms with Crippen LogP contribution in [0.15, 0.2) is 0 Å². The molecule has 2 unspecified atom stereocenters. The lowest BCUT2D eigenvalue weighted by Crippen LogP contribution is -2.37. The molecular weight excluding hydrogens is 172 g/mol. The highest BCUT2D eigenvalue weighted by Crippen LogP contribution is 2.47. The second-order valence-electron chi connectivity index (χ2n) is 5.83. The van der Waals surface area contributed by atoms with Crippen molar-refractivity contribution in [2.45, 2.75) is 64.4 Å². The van der Waals surface area contributed by atoms with Gasteiger partial charge in [-0.1, -0.05) is 19.8 Å². The lowest BCUT2D eigenvalue weighted by atomic mass is 9.62. The highest BCUT2D eigenvalue weighted by Gasteiger charge is 2.38. The number of aliphatic hydroxyl groups is 1. The predicted octanol–water partition coefficient (Wildman–Crippen LogP) is 3.36. The van der Waals surface area contributed by atoms with E-state index in [0.717, 1.165) is 30.6 Å². The molecule has 0 amide bonds. The number of hydrogen-bond acceptors (Lipinski definition) is 1. The van der Waals surface area contributed by atoms with E-state index in [-0.39, 0.29) is 0 Å². The van der Waals surface area contributed by atoms with E-state index in [4.69, 9.17) is 0 Å². The van der Waals surface area contributed by atoms with Crippen LogP contribution in [0.4, 0.5) is 0 Å². The van der Waals surface area contributed by atoms with Gasteiger partial charge < -0.3 is 5.11 Å². The summed E-state index contributed by atoms with van der Waals surface area (Å²) in [5.41, 5.74) is -0.401. The minimum Gasteiger partial charge on any atom is -0.390 e. The molecule has 14 heavy (non-hydrogen) atoms. The summed E-state index contributed by atoms with van der Waals surface area (Å²) in [6.45, 7) is 4.11. The molecule has 0 radical (unpaired) electrons. The van der Waals surface area contributed by atoms with Crippen LogP contribution >= 0.6 is 0 Å². The highest BCUT2D eigenvalue weighted by molar-refractivity contribution is 4.89. The summed E-state index contributed by atoms with van der Waals surface area (Å²) >= 11 is 0. The Morgan fingerprint density at radius 2 is 1.86 bits per heavy atom. The highest BCUT2D eigenvalue weighted by atomic mass is 16.3. The molecule has 2 atom stereocenters. The maximum absolute atomic E-state index is 10.1. The van der Waals surface area contributed by atoms with E-state index >= 15 is 0 Å². The third-order valence-corrected chi connectivity index (χ3v) is 4.66. The van der Waals surface area contributed by atoms with Crippen molar-refractivity contribution < 1.29 is 5.11 Å². The second-order valence-corrected chi connectivity index (χ2v) is 5.83. The van der Waals surface area contributed by atoms with Crippen molar-refractivity contribution in [3.05, 3.63) is 0 Å². The molecule has 3 fully saturated rings. The summed E-state index contributed by atoms with van der Waals surface area (Å²) in [4.78, 5) is 0. The van der Waals surface area contributed by atoms with Crippen LogP contribution in [0, 0.1) is 17.8 Å². The Kier molecular flexibility index (Phi) is 2.88. The molecular formula is C13H24O. The van der Waals surface area contributed by atoms with Crippen LogP contribution in [0.2, 0.25) is 0 Å². The van der Waals surface area contributed by atoms with Gasteiger partial charge in [0.25, 0.3) is 0 Å². The largest absolute Gasteiger partial charge is 0.390 e. The monoisotopic (exact) mass is 196 g/mol. The van der Waals surface area contributed by atoms with Crippen molar-refractivity contribution in [2.75, 3.05) is 0 Å². The fourth-order valence-electron chi connectivity index (χ4n) is 3.48. The van der Waals surface area contributed by atoms with Crippen molar-refractivity contribution >= 4 is 0 Å². The SMILES string of the molecule is CCC(C)(O)CC1CC2CCC1CC2. The summed E-state index contributed by atoms with van der Waals surface area (Å²) < 4.78 is 0. The molecule has 0 aromatic carbocycles. The Hall–Kier alpha value is -0.0400. The molecule has 0 saturated heterocycles. The quantitative estimate of drug-likeness (QED) is 0.734. The van der Waals surface area contributed by atoms with Crippen molar-refractivity contribution in [2.24, 2.45) is 17.8 Å². The molecule has 1 N–H and O–H groups in total. The normalized spacial score (nSPS) is 40.9. The number of hydrogen-bond donors (Lipinski definition) is 1. The molecule has 0 spiro atoms. The zero-order valence-corrected chi connectivity index (χ0v) is 9.63. The van der Waals surface area contributed by atoms with Gasteiger partial charge >= 0.3 is 0 Å². The van der Waals surface area contributed by atoms with Gasteiger partial charge in [0.1, 0.15) is 0 Å². The molecule has 0 aliphatic heterocycles. The van der Waals surface area contributed by atoms with Crippen molar-refractivity contribution in [1.29, 1.82) is 0 Å². The minimum atomic E-state index is -0.401. The molecule has 3 rings (SSSR count). The zero-order valence-electron chi connectivity index (χ0n) is 9.63. The Morgan fingerprint density at radius 1 is 1.21 bits per heavy atom. The Balaban J connectivity index is 1.92. The Bertz CT molecular complexity index is 189. The van der Waals surface area contributed by atoms with Crippen LogP contribution in [0.25, 0.3) is 0 Å². The van der Waals surface area contributed by atoms with E-state index in [0.29, 0.717) is 0 Å². The first-order valence-electron chi connectivity index (χ1n) is 6.33. The summed E-state index contributed by atoms with van der Waals surface area (Å²) in [6.07, 6.45) is 9.17. The molecule has 3 saturated carbocycles. The first-order chi connectivity index (χ1) is 6.61. The fourth-order valence-corrected chi connectivity index (χ4v) is 3.48. The molecule has 1 heteroatoms. The van der Waals surface area contributed by atoms with E-state index in [1.165, 1.54) is 32.1 Å². The number of rotatable bonds is 3. The number of fused-ring (bicyclic) bond motifs is 3. The fraction of sp³-hybridized carbons (Fsp3) is 1.00. The average Bonchev–Trinajstić information content (AvgIpc) is 2.19. The van der Waals surface area contributed by atoms with Gasteiger partial charge in [0.15, 0.2) is 0 Å². The maximum Gasteiger partial charge on any atom is 0.0619 e.